The van der Waals surface area contributed by atoms with Crippen molar-refractivity contribution >= 4 is 28.8 Å². The molecule has 8 nitrogen and oxygen atoms in total. The fraction of sp³-hybridized carbons (Fsp3) is 0.208. The molecule has 2 aromatic carbocycles. The fourth-order valence-electron chi connectivity index (χ4n) is 3.45. The first kappa shape index (κ1) is 21.2. The van der Waals surface area contributed by atoms with Crippen LogP contribution in [-0.2, 0) is 9.53 Å². The number of aromatic nitrogens is 1. The zero-order valence-electron chi connectivity index (χ0n) is 18.4. The van der Waals surface area contributed by atoms with Crippen molar-refractivity contribution in [3.8, 4) is 23.1 Å². The molecule has 0 amide bonds. The van der Waals surface area contributed by atoms with Gasteiger partial charge in [-0.1, -0.05) is 11.6 Å². The molecule has 0 saturated heterocycles. The molecule has 0 saturated carbocycles. The first-order chi connectivity index (χ1) is 15.5. The molecule has 0 radical (unpaired) electrons. The predicted octanol–water partition coefficient (Wildman–Crippen LogP) is 3.92. The van der Waals surface area contributed by atoms with Crippen LogP contribution in [0.2, 0.25) is 0 Å². The van der Waals surface area contributed by atoms with Gasteiger partial charge in [0, 0.05) is 16.5 Å². The highest BCUT2D eigenvalue weighted by Gasteiger charge is 2.27. The van der Waals surface area contributed by atoms with Crippen LogP contribution >= 0.6 is 0 Å². The summed E-state index contributed by atoms with van der Waals surface area (Å²) in [5.74, 6) is 1.21. The van der Waals surface area contributed by atoms with E-state index in [1.165, 1.54) is 28.4 Å². The summed E-state index contributed by atoms with van der Waals surface area (Å²) >= 11 is 0. The number of esters is 1. The van der Waals surface area contributed by atoms with Gasteiger partial charge < -0.3 is 23.7 Å². The molecule has 4 rings (SSSR count). The number of cyclic esters (lactones) is 1. The Morgan fingerprint density at radius 1 is 0.906 bits per heavy atom. The van der Waals surface area contributed by atoms with E-state index >= 15 is 0 Å². The number of ether oxygens (including phenoxy) is 5. The maximum absolute atomic E-state index is 12.6. The van der Waals surface area contributed by atoms with E-state index in [-0.39, 0.29) is 11.6 Å². The van der Waals surface area contributed by atoms with Crippen molar-refractivity contribution in [1.29, 1.82) is 0 Å². The van der Waals surface area contributed by atoms with Crippen LogP contribution < -0.4 is 18.9 Å². The highest BCUT2D eigenvalue weighted by molar-refractivity contribution is 6.13. The van der Waals surface area contributed by atoms with Crippen LogP contribution in [0.15, 0.2) is 47.1 Å². The molecular formula is C24H22N2O6. The Kier molecular flexibility index (Phi) is 5.68. The minimum absolute atomic E-state index is 0.126. The quantitative estimate of drug-likeness (QED) is 0.429. The summed E-state index contributed by atoms with van der Waals surface area (Å²) in [6.45, 7) is 2.00. The van der Waals surface area contributed by atoms with Crippen molar-refractivity contribution in [2.45, 2.75) is 6.92 Å². The van der Waals surface area contributed by atoms with Gasteiger partial charge in [0.05, 0.1) is 34.0 Å². The summed E-state index contributed by atoms with van der Waals surface area (Å²) in [7, 11) is 6.06. The summed E-state index contributed by atoms with van der Waals surface area (Å²) in [5, 5.41) is 0.929. The predicted molar refractivity (Wildman–Crippen MR) is 120 cm³/mol. The molecule has 0 unspecified atom stereocenters. The molecule has 1 aliphatic rings. The lowest BCUT2D eigenvalue weighted by atomic mass is 10.1. The Balaban J connectivity index is 1.78. The third kappa shape index (κ3) is 3.82. The number of hydrogen-bond acceptors (Lipinski definition) is 8. The molecule has 0 fully saturated rings. The summed E-state index contributed by atoms with van der Waals surface area (Å²) in [6, 6.07) is 11.2. The van der Waals surface area contributed by atoms with Crippen LogP contribution in [0, 0.1) is 6.92 Å². The number of rotatable bonds is 6. The van der Waals surface area contributed by atoms with Crippen molar-refractivity contribution in [2.75, 3.05) is 28.4 Å². The molecule has 3 aromatic rings. The maximum atomic E-state index is 12.6. The Morgan fingerprint density at radius 2 is 1.62 bits per heavy atom. The van der Waals surface area contributed by atoms with E-state index in [1.54, 1.807) is 18.2 Å². The number of carbonyl (C=O) groups is 1. The molecule has 0 N–H and O–H groups in total. The maximum Gasteiger partial charge on any atom is 0.363 e. The van der Waals surface area contributed by atoms with Gasteiger partial charge in [0.25, 0.3) is 0 Å². The standard InChI is InChI=1S/C24H22N2O6/c1-13-6-7-17-14(8-13)9-15(22(25-17)31-5)10-18-24(27)32-23(26-18)16-11-19(28-2)21(30-4)20(12-16)29-3/h6-12H,1-5H3. The van der Waals surface area contributed by atoms with Crippen LogP contribution in [0.3, 0.4) is 0 Å². The number of methoxy groups -OCH3 is 4. The van der Waals surface area contributed by atoms with Crippen LogP contribution in [0.5, 0.6) is 23.1 Å². The van der Waals surface area contributed by atoms with Crippen molar-refractivity contribution in [1.82, 2.24) is 4.98 Å². The third-order valence-electron chi connectivity index (χ3n) is 4.98. The topological polar surface area (TPSA) is 88.5 Å². The van der Waals surface area contributed by atoms with Gasteiger partial charge in [0.1, 0.15) is 0 Å². The van der Waals surface area contributed by atoms with E-state index in [9.17, 15) is 4.79 Å². The zero-order valence-corrected chi connectivity index (χ0v) is 18.4. The van der Waals surface area contributed by atoms with Gasteiger partial charge in [0.15, 0.2) is 17.2 Å². The van der Waals surface area contributed by atoms with Gasteiger partial charge in [-0.05, 0) is 43.3 Å². The van der Waals surface area contributed by atoms with Crippen LogP contribution in [-0.4, -0.2) is 45.3 Å². The first-order valence-electron chi connectivity index (χ1n) is 9.75. The molecule has 0 spiro atoms. The van der Waals surface area contributed by atoms with E-state index in [0.717, 1.165) is 16.5 Å². The number of carbonyl (C=O) groups excluding carboxylic acids is 1. The Labute approximate surface area is 185 Å². The zero-order chi connectivity index (χ0) is 22.8. The lowest BCUT2D eigenvalue weighted by Crippen LogP contribution is -2.07. The normalized spacial score (nSPS) is 14.3. The van der Waals surface area contributed by atoms with Crippen LogP contribution in [0.25, 0.3) is 17.0 Å². The number of nitrogens with zero attached hydrogens (tertiary/aromatic N) is 2. The molecule has 0 bridgehead atoms. The van der Waals surface area contributed by atoms with Crippen molar-refractivity contribution in [3.63, 3.8) is 0 Å². The SMILES string of the molecule is COc1cc(C2=NC(=Cc3cc4cc(C)ccc4nc3OC)C(=O)O2)cc(OC)c1OC. The number of benzene rings is 2. The van der Waals surface area contributed by atoms with Crippen LogP contribution in [0.1, 0.15) is 16.7 Å². The molecule has 164 valence electrons. The molecule has 2 heterocycles. The molecule has 32 heavy (non-hydrogen) atoms. The molecule has 8 heteroatoms. The molecule has 1 aliphatic heterocycles. The highest BCUT2D eigenvalue weighted by Crippen LogP contribution is 2.39. The minimum atomic E-state index is -0.583. The van der Waals surface area contributed by atoms with Crippen molar-refractivity contribution in [2.24, 2.45) is 4.99 Å². The number of hydrogen-bond donors (Lipinski definition) is 0. The number of aryl methyl sites for hydroxylation is 1. The van der Waals surface area contributed by atoms with E-state index in [1.807, 2.05) is 31.2 Å². The Hall–Kier alpha value is -4.07. The smallest absolute Gasteiger partial charge is 0.363 e. The average molecular weight is 434 g/mol. The lowest BCUT2D eigenvalue weighted by molar-refractivity contribution is -0.129. The lowest BCUT2D eigenvalue weighted by Gasteiger charge is -2.13. The number of pyridine rings is 1. The van der Waals surface area contributed by atoms with E-state index < -0.39 is 5.97 Å². The van der Waals surface area contributed by atoms with Crippen molar-refractivity contribution < 1.29 is 28.5 Å². The molecule has 0 atom stereocenters. The summed E-state index contributed by atoms with van der Waals surface area (Å²) in [5.41, 5.74) is 3.15. The average Bonchev–Trinajstić information content (AvgIpc) is 3.17. The molecule has 1 aromatic heterocycles. The van der Waals surface area contributed by atoms with Gasteiger partial charge in [-0.3, -0.25) is 0 Å². The van der Waals surface area contributed by atoms with E-state index in [2.05, 4.69) is 9.98 Å². The number of aliphatic imine (C=N–C) groups is 1. The minimum Gasteiger partial charge on any atom is -0.493 e. The largest absolute Gasteiger partial charge is 0.493 e. The van der Waals surface area contributed by atoms with Gasteiger partial charge in [0.2, 0.25) is 17.5 Å². The van der Waals surface area contributed by atoms with Crippen molar-refractivity contribution in [3.05, 3.63) is 58.8 Å². The van der Waals surface area contributed by atoms with Gasteiger partial charge >= 0.3 is 5.97 Å². The second kappa shape index (κ2) is 8.58. The Morgan fingerprint density at radius 3 is 2.25 bits per heavy atom. The third-order valence-corrected chi connectivity index (χ3v) is 4.98. The summed E-state index contributed by atoms with van der Waals surface area (Å²) in [4.78, 5) is 21.5. The van der Waals surface area contributed by atoms with E-state index in [4.69, 9.17) is 23.7 Å². The highest BCUT2D eigenvalue weighted by atomic mass is 16.6. The first-order valence-corrected chi connectivity index (χ1v) is 9.75. The number of fused-ring (bicyclic) bond motifs is 1. The van der Waals surface area contributed by atoms with Crippen LogP contribution in [0.4, 0.5) is 0 Å². The fourth-order valence-corrected chi connectivity index (χ4v) is 3.45. The summed E-state index contributed by atoms with van der Waals surface area (Å²) in [6.07, 6.45) is 1.60. The van der Waals surface area contributed by atoms with Gasteiger partial charge in [-0.15, -0.1) is 0 Å². The molecular weight excluding hydrogens is 412 g/mol. The van der Waals surface area contributed by atoms with Gasteiger partial charge in [-0.25, -0.2) is 14.8 Å². The second-order valence-corrected chi connectivity index (χ2v) is 7.03. The Bertz CT molecular complexity index is 1250. The van der Waals surface area contributed by atoms with E-state index in [0.29, 0.717) is 34.3 Å². The monoisotopic (exact) mass is 434 g/mol. The summed E-state index contributed by atoms with van der Waals surface area (Å²) < 4.78 is 26.9. The molecule has 0 aliphatic carbocycles. The second-order valence-electron chi connectivity index (χ2n) is 7.03. The van der Waals surface area contributed by atoms with Gasteiger partial charge in [-0.2, -0.15) is 0 Å².